The molecule has 18 heavy (non-hydrogen) atoms. The van der Waals surface area contributed by atoms with Gasteiger partial charge in [0.25, 0.3) is 0 Å². The molecular weight excluding hydrogens is 226 g/mol. The van der Waals surface area contributed by atoms with Crippen LogP contribution in [0.15, 0.2) is 18.3 Å². The van der Waals surface area contributed by atoms with E-state index in [1.165, 1.54) is 0 Å². The molecule has 0 atom stereocenters. The molecule has 4 heteroatoms. The lowest BCUT2D eigenvalue weighted by Gasteiger charge is -2.32. The van der Waals surface area contributed by atoms with Gasteiger partial charge in [-0.15, -0.1) is 0 Å². The first kappa shape index (κ1) is 14.8. The normalized spacial score (nSPS) is 11.4. The van der Waals surface area contributed by atoms with Crippen molar-refractivity contribution in [2.75, 3.05) is 31.1 Å². The fourth-order valence-corrected chi connectivity index (χ4v) is 1.81. The summed E-state index contributed by atoms with van der Waals surface area (Å²) in [6.45, 7) is 11.5. The highest BCUT2D eigenvalue weighted by atomic mass is 16.5. The van der Waals surface area contributed by atoms with E-state index in [2.05, 4.69) is 30.7 Å². The molecule has 0 saturated heterocycles. The molecule has 1 aromatic heterocycles. The molecule has 0 radical (unpaired) electrons. The van der Waals surface area contributed by atoms with Gasteiger partial charge in [-0.2, -0.15) is 0 Å². The molecular formula is C14H25N3O. The van der Waals surface area contributed by atoms with Crippen molar-refractivity contribution in [3.8, 4) is 5.75 Å². The van der Waals surface area contributed by atoms with E-state index in [4.69, 9.17) is 10.5 Å². The van der Waals surface area contributed by atoms with Gasteiger partial charge >= 0.3 is 0 Å². The zero-order chi connectivity index (χ0) is 13.6. The minimum Gasteiger partial charge on any atom is -0.490 e. The highest BCUT2D eigenvalue weighted by Crippen LogP contribution is 2.27. The van der Waals surface area contributed by atoms with Gasteiger partial charge in [0.15, 0.2) is 11.6 Å². The molecule has 0 aliphatic carbocycles. The Morgan fingerprint density at radius 3 is 2.67 bits per heavy atom. The average molecular weight is 251 g/mol. The molecule has 0 aliphatic rings. The van der Waals surface area contributed by atoms with Crippen LogP contribution < -0.4 is 15.4 Å². The van der Waals surface area contributed by atoms with Crippen molar-refractivity contribution in [3.63, 3.8) is 0 Å². The molecule has 102 valence electrons. The van der Waals surface area contributed by atoms with Crippen molar-refractivity contribution in [1.82, 2.24) is 4.98 Å². The second kappa shape index (κ2) is 6.59. The first-order valence-electron chi connectivity index (χ1n) is 6.57. The Bertz CT molecular complexity index is 366. The van der Waals surface area contributed by atoms with Gasteiger partial charge in [0.2, 0.25) is 0 Å². The fourth-order valence-electron chi connectivity index (χ4n) is 1.81. The zero-order valence-corrected chi connectivity index (χ0v) is 11.9. The topological polar surface area (TPSA) is 51.4 Å². The lowest BCUT2D eigenvalue weighted by molar-refractivity contribution is 0.334. The summed E-state index contributed by atoms with van der Waals surface area (Å²) in [7, 11) is 0. The number of rotatable bonds is 7. The third-order valence-corrected chi connectivity index (χ3v) is 2.90. The van der Waals surface area contributed by atoms with Crippen molar-refractivity contribution in [2.24, 2.45) is 11.1 Å². The van der Waals surface area contributed by atoms with Crippen LogP contribution in [0.1, 0.15) is 27.7 Å². The summed E-state index contributed by atoms with van der Waals surface area (Å²) >= 11 is 0. The Hall–Kier alpha value is -1.29. The van der Waals surface area contributed by atoms with Crippen LogP contribution in [-0.4, -0.2) is 31.2 Å². The highest BCUT2D eigenvalue weighted by Gasteiger charge is 2.22. The van der Waals surface area contributed by atoms with E-state index in [1.807, 2.05) is 19.1 Å². The van der Waals surface area contributed by atoms with Gasteiger partial charge in [-0.05, 0) is 37.9 Å². The molecule has 0 bridgehead atoms. The molecule has 0 amide bonds. The fraction of sp³-hybridized carbons (Fsp3) is 0.643. The van der Waals surface area contributed by atoms with Crippen LogP contribution in [0.4, 0.5) is 5.82 Å². The summed E-state index contributed by atoms with van der Waals surface area (Å²) in [5, 5.41) is 0. The van der Waals surface area contributed by atoms with E-state index in [1.54, 1.807) is 6.20 Å². The predicted octanol–water partition coefficient (Wildman–Crippen LogP) is 2.29. The summed E-state index contributed by atoms with van der Waals surface area (Å²) < 4.78 is 5.63. The molecule has 0 saturated carbocycles. The first-order chi connectivity index (χ1) is 8.54. The Morgan fingerprint density at radius 1 is 1.39 bits per heavy atom. The number of aromatic nitrogens is 1. The molecule has 0 fully saturated rings. The maximum absolute atomic E-state index is 5.81. The van der Waals surface area contributed by atoms with Crippen molar-refractivity contribution in [2.45, 2.75) is 27.7 Å². The number of hydrogen-bond acceptors (Lipinski definition) is 4. The van der Waals surface area contributed by atoms with E-state index in [0.717, 1.165) is 24.7 Å². The van der Waals surface area contributed by atoms with E-state index in [0.29, 0.717) is 13.2 Å². The van der Waals surface area contributed by atoms with Crippen molar-refractivity contribution < 1.29 is 4.74 Å². The molecule has 1 aromatic rings. The third kappa shape index (κ3) is 3.88. The first-order valence-corrected chi connectivity index (χ1v) is 6.57. The highest BCUT2D eigenvalue weighted by molar-refractivity contribution is 5.52. The number of ether oxygens (including phenoxy) is 1. The summed E-state index contributed by atoms with van der Waals surface area (Å²) in [5.74, 6) is 1.75. The smallest absolute Gasteiger partial charge is 0.171 e. The Labute approximate surface area is 110 Å². The summed E-state index contributed by atoms with van der Waals surface area (Å²) in [6.07, 6.45) is 1.80. The maximum atomic E-state index is 5.81. The van der Waals surface area contributed by atoms with Gasteiger partial charge in [-0.25, -0.2) is 4.98 Å². The number of pyridine rings is 1. The minimum absolute atomic E-state index is 0.0665. The van der Waals surface area contributed by atoms with E-state index in [9.17, 15) is 0 Å². The van der Waals surface area contributed by atoms with Crippen molar-refractivity contribution in [3.05, 3.63) is 18.3 Å². The lowest BCUT2D eigenvalue weighted by Crippen LogP contribution is -2.39. The van der Waals surface area contributed by atoms with Crippen LogP contribution in [0.5, 0.6) is 5.75 Å². The largest absolute Gasteiger partial charge is 0.490 e. The summed E-state index contributed by atoms with van der Waals surface area (Å²) in [5.41, 5.74) is 5.87. The average Bonchev–Trinajstić information content (AvgIpc) is 2.37. The number of nitrogens with zero attached hydrogens (tertiary/aromatic N) is 2. The summed E-state index contributed by atoms with van der Waals surface area (Å²) in [4.78, 5) is 6.67. The molecule has 1 rings (SSSR count). The second-order valence-electron chi connectivity index (χ2n) is 5.14. The minimum atomic E-state index is 0.0665. The van der Waals surface area contributed by atoms with Gasteiger partial charge in [0.1, 0.15) is 0 Å². The number of anilines is 1. The standard InChI is InChI=1S/C14H25N3O/c1-5-17(11-14(3,4)10-15)13-12(18-6-2)8-7-9-16-13/h7-9H,5-6,10-11,15H2,1-4H3. The predicted molar refractivity (Wildman–Crippen MR) is 76.1 cm³/mol. The number of nitrogens with two attached hydrogens (primary N) is 1. The van der Waals surface area contributed by atoms with E-state index in [-0.39, 0.29) is 5.41 Å². The van der Waals surface area contributed by atoms with Gasteiger partial charge in [0, 0.05) is 19.3 Å². The van der Waals surface area contributed by atoms with Crippen LogP contribution in [0.25, 0.3) is 0 Å². The molecule has 0 aliphatic heterocycles. The summed E-state index contributed by atoms with van der Waals surface area (Å²) in [6, 6.07) is 3.86. The van der Waals surface area contributed by atoms with Crippen LogP contribution >= 0.6 is 0 Å². The molecule has 0 unspecified atom stereocenters. The van der Waals surface area contributed by atoms with E-state index < -0.39 is 0 Å². The zero-order valence-electron chi connectivity index (χ0n) is 11.9. The van der Waals surface area contributed by atoms with Gasteiger partial charge in [-0.1, -0.05) is 13.8 Å². The Morgan fingerprint density at radius 2 is 2.11 bits per heavy atom. The third-order valence-electron chi connectivity index (χ3n) is 2.90. The van der Waals surface area contributed by atoms with Crippen LogP contribution in [0, 0.1) is 5.41 Å². The Balaban J connectivity index is 2.94. The van der Waals surface area contributed by atoms with Crippen LogP contribution in [-0.2, 0) is 0 Å². The number of hydrogen-bond donors (Lipinski definition) is 1. The van der Waals surface area contributed by atoms with Crippen molar-refractivity contribution >= 4 is 5.82 Å². The SMILES string of the molecule is CCOc1cccnc1N(CC)CC(C)(C)CN. The van der Waals surface area contributed by atoms with E-state index >= 15 is 0 Å². The van der Waals surface area contributed by atoms with Crippen molar-refractivity contribution in [1.29, 1.82) is 0 Å². The van der Waals surface area contributed by atoms with Gasteiger partial charge in [-0.3, -0.25) is 0 Å². The molecule has 0 aromatic carbocycles. The quantitative estimate of drug-likeness (QED) is 0.808. The molecule has 4 nitrogen and oxygen atoms in total. The van der Waals surface area contributed by atoms with Crippen LogP contribution in [0.2, 0.25) is 0 Å². The lowest BCUT2D eigenvalue weighted by atomic mass is 9.93. The van der Waals surface area contributed by atoms with Gasteiger partial charge < -0.3 is 15.4 Å². The molecule has 2 N–H and O–H groups in total. The Kier molecular flexibility index (Phi) is 5.41. The monoisotopic (exact) mass is 251 g/mol. The second-order valence-corrected chi connectivity index (χ2v) is 5.14. The maximum Gasteiger partial charge on any atom is 0.171 e. The molecule has 0 spiro atoms. The van der Waals surface area contributed by atoms with Crippen LogP contribution in [0.3, 0.4) is 0 Å². The molecule has 1 heterocycles. The van der Waals surface area contributed by atoms with Gasteiger partial charge in [0.05, 0.1) is 6.61 Å².